The highest BCUT2D eigenvalue weighted by Gasteiger charge is 2.34. The van der Waals surface area contributed by atoms with Crippen LogP contribution in [-0.2, 0) is 0 Å². The summed E-state index contributed by atoms with van der Waals surface area (Å²) in [7, 11) is 1.86. The highest BCUT2D eigenvalue weighted by molar-refractivity contribution is 14.0. The van der Waals surface area contributed by atoms with Gasteiger partial charge in [0.15, 0.2) is 5.96 Å². The molecule has 1 aliphatic carbocycles. The van der Waals surface area contributed by atoms with E-state index in [0.717, 1.165) is 64.1 Å². The Morgan fingerprint density at radius 3 is 2.43 bits per heavy atom. The van der Waals surface area contributed by atoms with E-state index < -0.39 is 0 Å². The molecule has 1 aliphatic heterocycles. The molecule has 2 N–H and O–H groups in total. The van der Waals surface area contributed by atoms with Crippen molar-refractivity contribution in [2.24, 2.45) is 10.4 Å². The zero-order chi connectivity index (χ0) is 19.0. The second kappa shape index (κ2) is 11.7. The molecule has 0 bridgehead atoms. The summed E-state index contributed by atoms with van der Waals surface area (Å²) in [4.78, 5) is 17.9. The molecular weight excluding hydrogens is 465 g/mol. The third-order valence-corrected chi connectivity index (χ3v) is 6.17. The zero-order valence-corrected chi connectivity index (χ0v) is 19.7. The van der Waals surface area contributed by atoms with Crippen LogP contribution in [0.5, 0.6) is 0 Å². The Morgan fingerprint density at radius 1 is 1.14 bits per heavy atom. The second-order valence-corrected chi connectivity index (χ2v) is 7.79. The molecule has 158 valence electrons. The van der Waals surface area contributed by atoms with Crippen molar-refractivity contribution in [3.63, 3.8) is 0 Å². The van der Waals surface area contributed by atoms with Gasteiger partial charge in [-0.25, -0.2) is 9.97 Å². The van der Waals surface area contributed by atoms with Crippen molar-refractivity contribution >= 4 is 35.9 Å². The minimum absolute atomic E-state index is 0. The van der Waals surface area contributed by atoms with Gasteiger partial charge in [-0.15, -0.1) is 24.0 Å². The maximum absolute atomic E-state index is 4.37. The van der Waals surface area contributed by atoms with Gasteiger partial charge in [-0.3, -0.25) is 9.89 Å². The van der Waals surface area contributed by atoms with Gasteiger partial charge in [-0.2, -0.15) is 0 Å². The Kier molecular flexibility index (Phi) is 9.70. The lowest BCUT2D eigenvalue weighted by Crippen LogP contribution is -2.48. The normalized spacial score (nSPS) is 19.5. The number of nitrogens with one attached hydrogen (secondary N) is 2. The van der Waals surface area contributed by atoms with Crippen molar-refractivity contribution < 1.29 is 0 Å². The van der Waals surface area contributed by atoms with Crippen molar-refractivity contribution in [1.82, 2.24) is 25.5 Å². The molecule has 2 heterocycles. The highest BCUT2D eigenvalue weighted by atomic mass is 127. The molecule has 0 spiro atoms. The number of piperazine rings is 1. The number of nitrogens with zero attached hydrogens (tertiary/aromatic N) is 5. The van der Waals surface area contributed by atoms with E-state index in [4.69, 9.17) is 0 Å². The molecule has 28 heavy (non-hydrogen) atoms. The van der Waals surface area contributed by atoms with Crippen LogP contribution in [0.1, 0.15) is 39.0 Å². The van der Waals surface area contributed by atoms with Crippen molar-refractivity contribution in [3.05, 3.63) is 18.5 Å². The fourth-order valence-electron chi connectivity index (χ4n) is 3.96. The molecule has 3 rings (SSSR count). The molecule has 1 saturated carbocycles. The Hall–Kier alpha value is -1.16. The maximum Gasteiger partial charge on any atom is 0.225 e. The summed E-state index contributed by atoms with van der Waals surface area (Å²) in [6, 6.07) is 1.86. The minimum atomic E-state index is 0. The van der Waals surface area contributed by atoms with Crippen molar-refractivity contribution in [2.75, 3.05) is 57.8 Å². The molecule has 0 unspecified atom stereocenters. The quantitative estimate of drug-likeness (QED) is 0.247. The largest absolute Gasteiger partial charge is 0.356 e. The molecule has 2 fully saturated rings. The first-order valence-corrected chi connectivity index (χ1v) is 10.4. The predicted molar refractivity (Wildman–Crippen MR) is 127 cm³/mol. The standard InChI is InChI=1S/C20H35N7.HI/c1-3-20(7-4-8-20)17-25-18(21-2)22-11-6-12-26-13-15-27(16-14-26)19-23-9-5-10-24-19;/h5,9-10H,3-4,6-8,11-17H2,1-2H3,(H2,21,22,25);1H. The average Bonchev–Trinajstić information content (AvgIpc) is 2.70. The highest BCUT2D eigenvalue weighted by Crippen LogP contribution is 2.42. The molecule has 7 nitrogen and oxygen atoms in total. The number of anilines is 1. The van der Waals surface area contributed by atoms with E-state index in [-0.39, 0.29) is 24.0 Å². The van der Waals surface area contributed by atoms with Gasteiger partial charge >= 0.3 is 0 Å². The van der Waals surface area contributed by atoms with E-state index >= 15 is 0 Å². The van der Waals surface area contributed by atoms with E-state index in [1.165, 1.54) is 25.7 Å². The van der Waals surface area contributed by atoms with Gasteiger partial charge in [0.05, 0.1) is 0 Å². The lowest BCUT2D eigenvalue weighted by Gasteiger charge is -2.41. The molecule has 0 atom stereocenters. The van der Waals surface area contributed by atoms with Gasteiger partial charge < -0.3 is 15.5 Å². The lowest BCUT2D eigenvalue weighted by atomic mass is 9.67. The Bertz CT molecular complexity index is 578. The Balaban J connectivity index is 0.00000280. The van der Waals surface area contributed by atoms with Crippen LogP contribution in [0.15, 0.2) is 23.5 Å². The molecule has 8 heteroatoms. The average molecular weight is 501 g/mol. The second-order valence-electron chi connectivity index (χ2n) is 7.79. The number of aromatic nitrogens is 2. The van der Waals surface area contributed by atoms with Crippen LogP contribution < -0.4 is 15.5 Å². The van der Waals surface area contributed by atoms with Crippen molar-refractivity contribution in [1.29, 1.82) is 0 Å². The molecule has 1 aromatic rings. The monoisotopic (exact) mass is 501 g/mol. The van der Waals surface area contributed by atoms with E-state index in [9.17, 15) is 0 Å². The topological polar surface area (TPSA) is 68.7 Å². The van der Waals surface area contributed by atoms with Crippen LogP contribution in [0.25, 0.3) is 0 Å². The number of halogens is 1. The Labute approximate surface area is 186 Å². The van der Waals surface area contributed by atoms with Gasteiger partial charge in [0.1, 0.15) is 0 Å². The fourth-order valence-corrected chi connectivity index (χ4v) is 3.96. The number of rotatable bonds is 8. The summed E-state index contributed by atoms with van der Waals surface area (Å²) < 4.78 is 0. The van der Waals surface area contributed by atoms with E-state index in [1.54, 1.807) is 0 Å². The smallest absolute Gasteiger partial charge is 0.225 e. The van der Waals surface area contributed by atoms with Crippen LogP contribution >= 0.6 is 24.0 Å². The molecule has 0 radical (unpaired) electrons. The maximum atomic E-state index is 4.37. The molecule has 2 aliphatic rings. The fraction of sp³-hybridized carbons (Fsp3) is 0.750. The number of aliphatic imine (C=N–C) groups is 1. The molecule has 0 amide bonds. The summed E-state index contributed by atoms with van der Waals surface area (Å²) in [5, 5.41) is 7.00. The summed E-state index contributed by atoms with van der Waals surface area (Å²) in [6.07, 6.45) is 10.1. The third-order valence-electron chi connectivity index (χ3n) is 6.17. The SMILES string of the molecule is CCC1(CNC(=NC)NCCCN2CCN(c3ncccn3)CC2)CCC1.I. The summed E-state index contributed by atoms with van der Waals surface area (Å²) >= 11 is 0. The van der Waals surface area contributed by atoms with Crippen LogP contribution in [0.3, 0.4) is 0 Å². The third kappa shape index (κ3) is 6.43. The summed E-state index contributed by atoms with van der Waals surface area (Å²) in [5.41, 5.74) is 0.514. The predicted octanol–water partition coefficient (Wildman–Crippen LogP) is 2.35. The van der Waals surface area contributed by atoms with Crippen LogP contribution in [0.4, 0.5) is 5.95 Å². The van der Waals surface area contributed by atoms with Crippen LogP contribution in [0.2, 0.25) is 0 Å². The van der Waals surface area contributed by atoms with Crippen LogP contribution in [0, 0.1) is 5.41 Å². The number of hydrogen-bond acceptors (Lipinski definition) is 5. The Morgan fingerprint density at radius 2 is 1.86 bits per heavy atom. The van der Waals surface area contributed by atoms with E-state index in [2.05, 4.69) is 42.3 Å². The van der Waals surface area contributed by atoms with Gasteiger partial charge in [0, 0.05) is 58.7 Å². The van der Waals surface area contributed by atoms with Crippen molar-refractivity contribution in [2.45, 2.75) is 39.0 Å². The number of hydrogen-bond donors (Lipinski definition) is 2. The summed E-state index contributed by atoms with van der Waals surface area (Å²) in [6.45, 7) is 9.58. The molecular formula is C20H36IN7. The van der Waals surface area contributed by atoms with E-state index in [0.29, 0.717) is 5.41 Å². The molecule has 0 aromatic carbocycles. The van der Waals surface area contributed by atoms with Gasteiger partial charge in [-0.05, 0) is 43.7 Å². The molecule has 1 saturated heterocycles. The zero-order valence-electron chi connectivity index (χ0n) is 17.4. The first-order valence-electron chi connectivity index (χ1n) is 10.4. The van der Waals surface area contributed by atoms with Crippen molar-refractivity contribution in [3.8, 4) is 0 Å². The number of guanidine groups is 1. The lowest BCUT2D eigenvalue weighted by molar-refractivity contribution is 0.131. The first-order chi connectivity index (χ1) is 13.2. The van der Waals surface area contributed by atoms with Crippen LogP contribution in [-0.4, -0.2) is 73.7 Å². The van der Waals surface area contributed by atoms with E-state index in [1.807, 2.05) is 25.5 Å². The van der Waals surface area contributed by atoms with Gasteiger partial charge in [0.25, 0.3) is 0 Å². The summed E-state index contributed by atoms with van der Waals surface area (Å²) in [5.74, 6) is 1.80. The molecule has 1 aromatic heterocycles. The first kappa shape index (κ1) is 23.1. The van der Waals surface area contributed by atoms with Gasteiger partial charge in [-0.1, -0.05) is 13.3 Å². The minimum Gasteiger partial charge on any atom is -0.356 e. The van der Waals surface area contributed by atoms with Gasteiger partial charge in [0.2, 0.25) is 5.95 Å².